The molecule has 1 saturated heterocycles. The summed E-state index contributed by atoms with van der Waals surface area (Å²) in [6.45, 7) is 3.60. The van der Waals surface area contributed by atoms with Crippen molar-refractivity contribution < 1.29 is 27.8 Å². The van der Waals surface area contributed by atoms with Gasteiger partial charge in [-0.1, -0.05) is 0 Å². The smallest absolute Gasteiger partial charge is 0.414 e. The molecule has 3 heterocycles. The Balaban J connectivity index is 1.31. The van der Waals surface area contributed by atoms with Crippen LogP contribution in [-0.2, 0) is 11.2 Å². The highest BCUT2D eigenvalue weighted by Gasteiger charge is 2.42. The minimum Gasteiger partial charge on any atom is -0.490 e. The standard InChI is InChI=1S/C23H29F3N2O3S/c24-23(25,26)19(29)13-14-1-6-18-20(14)21-17(7-8-27-22(21)32-18)31-16-4-2-15(3-5-16)28-9-11-30-12-10-28/h7-8,14-16,19,29H,1-6,9-13H2/t14-,15?,16?,19+/m1/s1. The highest BCUT2D eigenvalue weighted by atomic mass is 32.1. The normalized spacial score (nSPS) is 28.1. The first-order valence-corrected chi connectivity index (χ1v) is 12.4. The van der Waals surface area contributed by atoms with E-state index in [0.717, 1.165) is 84.8 Å². The Morgan fingerprint density at radius 1 is 1.19 bits per heavy atom. The van der Waals surface area contributed by atoms with Crippen LogP contribution >= 0.6 is 11.3 Å². The van der Waals surface area contributed by atoms with E-state index < -0.39 is 12.3 Å². The molecule has 32 heavy (non-hydrogen) atoms. The molecule has 0 bridgehead atoms. The molecule has 1 aliphatic heterocycles. The monoisotopic (exact) mass is 470 g/mol. The topological polar surface area (TPSA) is 54.8 Å². The number of pyridine rings is 1. The van der Waals surface area contributed by atoms with Crippen molar-refractivity contribution in [2.24, 2.45) is 0 Å². The van der Waals surface area contributed by atoms with Gasteiger partial charge in [0.25, 0.3) is 0 Å². The fraction of sp³-hybridized carbons (Fsp3) is 0.696. The van der Waals surface area contributed by atoms with Gasteiger partial charge in [-0.05, 0) is 62.5 Å². The van der Waals surface area contributed by atoms with Crippen LogP contribution in [0.4, 0.5) is 13.2 Å². The second kappa shape index (κ2) is 9.08. The van der Waals surface area contributed by atoms with Crippen LogP contribution in [-0.4, -0.2) is 65.7 Å². The fourth-order valence-corrected chi connectivity index (χ4v) is 6.78. The van der Waals surface area contributed by atoms with Crippen LogP contribution in [0.1, 0.15) is 54.9 Å². The van der Waals surface area contributed by atoms with Crippen molar-refractivity contribution >= 4 is 21.6 Å². The van der Waals surface area contributed by atoms with Crippen LogP contribution in [0.2, 0.25) is 0 Å². The van der Waals surface area contributed by atoms with Crippen molar-refractivity contribution in [1.29, 1.82) is 0 Å². The van der Waals surface area contributed by atoms with Crippen LogP contribution < -0.4 is 4.74 Å². The first kappa shape index (κ1) is 22.4. The lowest BCUT2D eigenvalue weighted by Gasteiger charge is -2.38. The highest BCUT2D eigenvalue weighted by Crippen LogP contribution is 2.49. The van der Waals surface area contributed by atoms with E-state index in [1.165, 1.54) is 0 Å². The minimum absolute atomic E-state index is 0.106. The number of halogens is 3. The summed E-state index contributed by atoms with van der Waals surface area (Å²) in [7, 11) is 0. The van der Waals surface area contributed by atoms with Gasteiger partial charge in [0.05, 0.1) is 24.7 Å². The number of thiophene rings is 1. The van der Waals surface area contributed by atoms with Gasteiger partial charge in [-0.2, -0.15) is 13.2 Å². The molecule has 0 aromatic carbocycles. The number of aliphatic hydroxyl groups is 1. The third kappa shape index (κ3) is 4.49. The predicted molar refractivity (Wildman–Crippen MR) is 116 cm³/mol. The number of hydrogen-bond acceptors (Lipinski definition) is 6. The van der Waals surface area contributed by atoms with E-state index in [9.17, 15) is 18.3 Å². The third-order valence-electron chi connectivity index (χ3n) is 7.18. The van der Waals surface area contributed by atoms with Crippen LogP contribution in [0, 0.1) is 0 Å². The Bertz CT molecular complexity index is 936. The molecule has 2 atom stereocenters. The zero-order valence-corrected chi connectivity index (χ0v) is 18.8. The molecule has 176 valence electrons. The molecule has 0 unspecified atom stereocenters. The maximum Gasteiger partial charge on any atom is 0.414 e. The number of aryl methyl sites for hydroxylation is 1. The third-order valence-corrected chi connectivity index (χ3v) is 8.35. The summed E-state index contributed by atoms with van der Waals surface area (Å²) >= 11 is 1.55. The lowest BCUT2D eigenvalue weighted by atomic mass is 9.91. The molecule has 2 aromatic rings. The van der Waals surface area contributed by atoms with Gasteiger partial charge in [-0.25, -0.2) is 4.98 Å². The second-order valence-electron chi connectivity index (χ2n) is 9.15. The summed E-state index contributed by atoms with van der Waals surface area (Å²) in [4.78, 5) is 8.89. The van der Waals surface area contributed by atoms with Gasteiger partial charge in [0.2, 0.25) is 0 Å². The average Bonchev–Trinajstić information content (AvgIpc) is 3.34. The maximum atomic E-state index is 13.0. The Morgan fingerprint density at radius 3 is 2.66 bits per heavy atom. The molecular formula is C23H29F3N2O3S. The molecule has 0 amide bonds. The molecule has 5 rings (SSSR count). The zero-order valence-electron chi connectivity index (χ0n) is 17.9. The number of aliphatic hydroxyl groups excluding tert-OH is 1. The lowest BCUT2D eigenvalue weighted by Crippen LogP contribution is -2.46. The Morgan fingerprint density at radius 2 is 1.94 bits per heavy atom. The summed E-state index contributed by atoms with van der Waals surface area (Å²) in [5.41, 5.74) is 0.915. The molecule has 0 radical (unpaired) electrons. The Kier molecular flexibility index (Phi) is 6.35. The van der Waals surface area contributed by atoms with Crippen molar-refractivity contribution in [3.8, 4) is 5.75 Å². The first-order chi connectivity index (χ1) is 15.4. The Labute approximate surface area is 189 Å². The number of alkyl halides is 3. The number of morpholine rings is 1. The number of ether oxygens (including phenoxy) is 2. The summed E-state index contributed by atoms with van der Waals surface area (Å²) < 4.78 is 50.8. The molecule has 5 nitrogen and oxygen atoms in total. The molecular weight excluding hydrogens is 441 g/mol. The molecule has 1 N–H and O–H groups in total. The van der Waals surface area contributed by atoms with Gasteiger partial charge < -0.3 is 14.6 Å². The summed E-state index contributed by atoms with van der Waals surface area (Å²) in [6, 6.07) is 2.42. The van der Waals surface area contributed by atoms with Gasteiger partial charge >= 0.3 is 6.18 Å². The van der Waals surface area contributed by atoms with Gasteiger partial charge in [0.1, 0.15) is 16.7 Å². The maximum absolute atomic E-state index is 13.0. The van der Waals surface area contributed by atoms with Crippen LogP contribution in [0.5, 0.6) is 5.75 Å². The van der Waals surface area contributed by atoms with Crippen molar-refractivity contribution in [1.82, 2.24) is 9.88 Å². The largest absolute Gasteiger partial charge is 0.490 e. The van der Waals surface area contributed by atoms with Crippen molar-refractivity contribution in [3.05, 3.63) is 22.7 Å². The highest BCUT2D eigenvalue weighted by molar-refractivity contribution is 7.19. The molecule has 3 aliphatic rings. The second-order valence-corrected chi connectivity index (χ2v) is 10.2. The van der Waals surface area contributed by atoms with E-state index in [1.54, 1.807) is 17.5 Å². The molecule has 2 fully saturated rings. The van der Waals surface area contributed by atoms with Crippen molar-refractivity contribution in [2.75, 3.05) is 26.3 Å². The van der Waals surface area contributed by atoms with Crippen LogP contribution in [0.15, 0.2) is 12.3 Å². The average molecular weight is 471 g/mol. The van der Waals surface area contributed by atoms with E-state index in [-0.39, 0.29) is 18.4 Å². The van der Waals surface area contributed by atoms with Crippen LogP contribution in [0.3, 0.4) is 0 Å². The number of aromatic nitrogens is 1. The fourth-order valence-electron chi connectivity index (χ4n) is 5.52. The SMILES string of the molecule is O[C@@H](C[C@H]1CCc2sc3nccc(OC4CCC(N5CCOCC5)CC4)c3c21)C(F)(F)F. The minimum atomic E-state index is -4.59. The number of hydrogen-bond donors (Lipinski definition) is 1. The van der Waals surface area contributed by atoms with E-state index in [0.29, 0.717) is 12.5 Å². The summed E-state index contributed by atoms with van der Waals surface area (Å²) in [5.74, 6) is 0.412. The quantitative estimate of drug-likeness (QED) is 0.689. The van der Waals surface area contributed by atoms with Gasteiger partial charge in [0.15, 0.2) is 0 Å². The predicted octanol–water partition coefficient (Wildman–Crippen LogP) is 4.66. The van der Waals surface area contributed by atoms with Crippen LogP contribution in [0.25, 0.3) is 10.2 Å². The van der Waals surface area contributed by atoms with E-state index in [1.807, 2.05) is 6.07 Å². The summed E-state index contributed by atoms with van der Waals surface area (Å²) in [5, 5.41) is 10.5. The van der Waals surface area contributed by atoms with Crippen molar-refractivity contribution in [2.45, 2.75) is 75.3 Å². The van der Waals surface area contributed by atoms with E-state index in [4.69, 9.17) is 9.47 Å². The zero-order chi connectivity index (χ0) is 22.3. The van der Waals surface area contributed by atoms with Crippen molar-refractivity contribution in [3.63, 3.8) is 0 Å². The van der Waals surface area contributed by atoms with Gasteiger partial charge in [-0.3, -0.25) is 4.90 Å². The lowest BCUT2D eigenvalue weighted by molar-refractivity contribution is -0.206. The number of rotatable bonds is 5. The van der Waals surface area contributed by atoms with Gasteiger partial charge in [-0.15, -0.1) is 11.3 Å². The molecule has 9 heteroatoms. The number of fused-ring (bicyclic) bond motifs is 3. The van der Waals surface area contributed by atoms with Gasteiger partial charge in [0, 0.05) is 30.2 Å². The molecule has 1 saturated carbocycles. The number of nitrogens with zero attached hydrogens (tertiary/aromatic N) is 2. The van der Waals surface area contributed by atoms with E-state index >= 15 is 0 Å². The molecule has 0 spiro atoms. The summed E-state index contributed by atoms with van der Waals surface area (Å²) in [6.07, 6.45) is 0.0949. The first-order valence-electron chi connectivity index (χ1n) is 11.5. The molecule has 2 aromatic heterocycles. The van der Waals surface area contributed by atoms with E-state index in [2.05, 4.69) is 9.88 Å². The Hall–Kier alpha value is -1.42. The molecule has 2 aliphatic carbocycles.